The fourth-order valence-corrected chi connectivity index (χ4v) is 12.9. The maximum absolute atomic E-state index is 5.62. The SMILES string of the molecule is CCC1=C(c2cc(-n3c4c(c5ccccc53)=CC=CCC=4)cc(-n3c4ccccc4c4ccccc43)c2)CC(C)=C(c2ccc(-c3c4c(c(-c5cccc6ccccc56)c5ccccc35)C=CC=CC4)cc2)C(C)=N1. The standard InChI is InChI=1S/C72H55N3/c1-4-65-64(51-43-52(74-66-34-10-6-7-25-55(66)56-26-15-18-35-67(56)74)45-53(44-51)75-68-36-19-16-27-57(68)58-28-17-20-37-69(58)75)42-46(2)70(47(3)73-65)49-38-40-50(41-39-49)71-60-29-8-5-9-30-62(60)72(63-32-14-13-31-61(63)71)59-33-21-23-48-22-11-12-24-54(48)59/h5-9,11-28,30-41,43-45H,4,10,29,42H2,1-3H3. The van der Waals surface area contributed by atoms with Crippen molar-refractivity contribution in [2.24, 2.45) is 4.99 Å². The van der Waals surface area contributed by atoms with Crippen LogP contribution in [-0.2, 0) is 6.42 Å². The van der Waals surface area contributed by atoms with Gasteiger partial charge in [0.05, 0.1) is 21.9 Å². The third-order valence-corrected chi connectivity index (χ3v) is 16.1. The summed E-state index contributed by atoms with van der Waals surface area (Å²) in [7, 11) is 0. The van der Waals surface area contributed by atoms with Crippen LogP contribution in [0.5, 0.6) is 0 Å². The van der Waals surface area contributed by atoms with Crippen LogP contribution < -0.4 is 10.6 Å². The normalized spacial score (nSPS) is 14.5. The van der Waals surface area contributed by atoms with E-state index in [0.29, 0.717) is 0 Å². The molecular weight excluding hydrogens is 907 g/mol. The Morgan fingerprint density at radius 1 is 0.520 bits per heavy atom. The van der Waals surface area contributed by atoms with Gasteiger partial charge in [-0.2, -0.15) is 0 Å². The summed E-state index contributed by atoms with van der Waals surface area (Å²) in [6.07, 6.45) is 21.5. The molecule has 14 rings (SSSR count). The van der Waals surface area contributed by atoms with Crippen LogP contribution >= 0.6 is 0 Å². The minimum Gasteiger partial charge on any atom is -0.309 e. The van der Waals surface area contributed by atoms with Crippen LogP contribution in [0.25, 0.3) is 117 Å². The molecule has 3 nitrogen and oxygen atoms in total. The average molecular weight is 962 g/mol. The van der Waals surface area contributed by atoms with Gasteiger partial charge in [-0.25, -0.2) is 0 Å². The molecule has 3 heteroatoms. The van der Waals surface area contributed by atoms with Gasteiger partial charge >= 0.3 is 0 Å². The summed E-state index contributed by atoms with van der Waals surface area (Å²) >= 11 is 0. The van der Waals surface area contributed by atoms with Gasteiger partial charge in [0.1, 0.15) is 0 Å². The highest BCUT2D eigenvalue weighted by molar-refractivity contribution is 6.25. The molecule has 0 atom stereocenters. The second-order valence-corrected chi connectivity index (χ2v) is 20.4. The fraction of sp³-hybridized carbons (Fsp3) is 0.0972. The van der Waals surface area contributed by atoms with Crippen molar-refractivity contribution >= 4 is 89.3 Å². The van der Waals surface area contributed by atoms with Crippen molar-refractivity contribution in [1.29, 1.82) is 0 Å². The zero-order chi connectivity index (χ0) is 50.1. The number of hydrogen-bond acceptors (Lipinski definition) is 1. The van der Waals surface area contributed by atoms with E-state index in [0.717, 1.165) is 48.5 Å². The van der Waals surface area contributed by atoms with Crippen LogP contribution in [0.1, 0.15) is 62.3 Å². The van der Waals surface area contributed by atoms with Gasteiger partial charge < -0.3 is 9.13 Å². The van der Waals surface area contributed by atoms with E-state index in [1.54, 1.807) is 0 Å². The van der Waals surface area contributed by atoms with Crippen molar-refractivity contribution in [2.45, 2.75) is 46.5 Å². The van der Waals surface area contributed by atoms with Crippen LogP contribution in [0.3, 0.4) is 0 Å². The van der Waals surface area contributed by atoms with Gasteiger partial charge in [0.25, 0.3) is 0 Å². The number of hydrogen-bond donors (Lipinski definition) is 0. The summed E-state index contributed by atoms with van der Waals surface area (Å²) in [5, 5.41) is 11.3. The average Bonchev–Trinajstić information content (AvgIpc) is 3.62. The maximum atomic E-state index is 5.62. The van der Waals surface area contributed by atoms with Gasteiger partial charge in [-0.05, 0) is 148 Å². The highest BCUT2D eigenvalue weighted by Crippen LogP contribution is 2.46. The van der Waals surface area contributed by atoms with E-state index < -0.39 is 0 Å². The largest absolute Gasteiger partial charge is 0.309 e. The molecule has 0 spiro atoms. The Kier molecular flexibility index (Phi) is 10.8. The van der Waals surface area contributed by atoms with E-state index in [-0.39, 0.29) is 0 Å². The molecule has 75 heavy (non-hydrogen) atoms. The first kappa shape index (κ1) is 44.6. The van der Waals surface area contributed by atoms with Gasteiger partial charge in [0.2, 0.25) is 0 Å². The Morgan fingerprint density at radius 3 is 1.87 bits per heavy atom. The fourth-order valence-electron chi connectivity index (χ4n) is 12.9. The predicted octanol–water partition coefficient (Wildman–Crippen LogP) is 17.5. The lowest BCUT2D eigenvalue weighted by Gasteiger charge is -2.22. The predicted molar refractivity (Wildman–Crippen MR) is 321 cm³/mol. The molecule has 2 aliphatic carbocycles. The van der Waals surface area contributed by atoms with E-state index in [1.165, 1.54) is 126 Å². The van der Waals surface area contributed by atoms with Crippen LogP contribution in [-0.4, -0.2) is 14.8 Å². The highest BCUT2D eigenvalue weighted by atomic mass is 15.0. The zero-order valence-electron chi connectivity index (χ0n) is 42.6. The van der Waals surface area contributed by atoms with E-state index in [9.17, 15) is 0 Å². The Bertz CT molecular complexity index is 4480. The number of allylic oxidation sites excluding steroid dienone is 9. The third kappa shape index (κ3) is 7.29. The number of rotatable bonds is 7. The molecule has 2 aromatic heterocycles. The van der Waals surface area contributed by atoms with Crippen LogP contribution in [0, 0.1) is 0 Å². The molecule has 0 fully saturated rings. The third-order valence-electron chi connectivity index (χ3n) is 16.1. The number of benzene rings is 9. The second kappa shape index (κ2) is 18.2. The number of aliphatic imine (C=N–C) groups is 1. The minimum absolute atomic E-state index is 0.776. The molecule has 0 bridgehead atoms. The van der Waals surface area contributed by atoms with Gasteiger partial charge in [-0.15, -0.1) is 0 Å². The van der Waals surface area contributed by atoms with Crippen molar-refractivity contribution in [1.82, 2.24) is 9.13 Å². The van der Waals surface area contributed by atoms with Crippen LogP contribution in [0.15, 0.2) is 229 Å². The zero-order valence-corrected chi connectivity index (χ0v) is 42.6. The Morgan fingerprint density at radius 2 is 1.13 bits per heavy atom. The Hall–Kier alpha value is -9.05. The minimum atomic E-state index is 0.776. The first-order valence-electron chi connectivity index (χ1n) is 26.6. The molecule has 0 amide bonds. The van der Waals surface area contributed by atoms with Gasteiger partial charge in [0.15, 0.2) is 0 Å². The molecular formula is C72H55N3. The van der Waals surface area contributed by atoms with E-state index in [4.69, 9.17) is 4.99 Å². The first-order chi connectivity index (χ1) is 37.0. The molecule has 11 aromatic rings. The number of para-hydroxylation sites is 3. The quantitative estimate of drug-likeness (QED) is 0.152. The molecule has 358 valence electrons. The maximum Gasteiger partial charge on any atom is 0.0541 e. The summed E-state index contributed by atoms with van der Waals surface area (Å²) in [6, 6.07) is 67.8. The smallest absolute Gasteiger partial charge is 0.0541 e. The molecule has 1 aliphatic heterocycles. The van der Waals surface area contributed by atoms with Gasteiger partial charge in [-0.3, -0.25) is 4.99 Å². The summed E-state index contributed by atoms with van der Waals surface area (Å²) in [5.41, 5.74) is 22.0. The molecule has 0 unspecified atom stereocenters. The van der Waals surface area contributed by atoms with E-state index in [2.05, 4.69) is 261 Å². The monoisotopic (exact) mass is 961 g/mol. The van der Waals surface area contributed by atoms with Crippen LogP contribution in [0.2, 0.25) is 0 Å². The first-order valence-corrected chi connectivity index (χ1v) is 26.6. The molecule has 0 saturated carbocycles. The van der Waals surface area contributed by atoms with Crippen molar-refractivity contribution in [3.05, 3.63) is 256 Å². The molecule has 0 N–H and O–H groups in total. The van der Waals surface area contributed by atoms with Gasteiger partial charge in [0, 0.05) is 49.7 Å². The van der Waals surface area contributed by atoms with Crippen molar-refractivity contribution < 1.29 is 0 Å². The Labute approximate surface area is 437 Å². The Balaban J connectivity index is 0.921. The lowest BCUT2D eigenvalue weighted by Crippen LogP contribution is -2.28. The summed E-state index contributed by atoms with van der Waals surface area (Å²) < 4.78 is 4.96. The summed E-state index contributed by atoms with van der Waals surface area (Å²) in [6.45, 7) is 6.80. The van der Waals surface area contributed by atoms with Crippen molar-refractivity contribution in [2.75, 3.05) is 0 Å². The van der Waals surface area contributed by atoms with E-state index >= 15 is 0 Å². The molecule has 0 radical (unpaired) electrons. The molecule has 3 heterocycles. The lowest BCUT2D eigenvalue weighted by atomic mass is 9.81. The number of nitrogens with zero attached hydrogens (tertiary/aromatic N) is 3. The summed E-state index contributed by atoms with van der Waals surface area (Å²) in [5.74, 6) is 0. The van der Waals surface area contributed by atoms with E-state index in [1.807, 2.05) is 0 Å². The highest BCUT2D eigenvalue weighted by Gasteiger charge is 2.25. The lowest BCUT2D eigenvalue weighted by molar-refractivity contribution is 1.04. The number of fused-ring (bicyclic) bond motifs is 9. The molecule has 0 saturated heterocycles. The molecule has 3 aliphatic rings. The second-order valence-electron chi connectivity index (χ2n) is 20.4. The summed E-state index contributed by atoms with van der Waals surface area (Å²) in [4.78, 5) is 5.62. The van der Waals surface area contributed by atoms with Crippen LogP contribution in [0.4, 0.5) is 0 Å². The van der Waals surface area contributed by atoms with Gasteiger partial charge in [-0.1, -0.05) is 207 Å². The topological polar surface area (TPSA) is 22.2 Å². The van der Waals surface area contributed by atoms with Crippen molar-refractivity contribution in [3.63, 3.8) is 0 Å². The number of aromatic nitrogens is 2. The molecule has 9 aromatic carbocycles. The van der Waals surface area contributed by atoms with Crippen molar-refractivity contribution in [3.8, 4) is 33.6 Å².